The Morgan fingerprint density at radius 3 is 2.69 bits per heavy atom. The van der Waals surface area contributed by atoms with Crippen LogP contribution in [0.1, 0.15) is 33.1 Å². The molecule has 1 N–H and O–H groups in total. The van der Waals surface area contributed by atoms with Crippen LogP contribution in [0.5, 0.6) is 0 Å². The molecule has 1 fully saturated rings. The highest BCUT2D eigenvalue weighted by molar-refractivity contribution is 7.89. The van der Waals surface area contributed by atoms with Gasteiger partial charge in [-0.05, 0) is 50.1 Å². The van der Waals surface area contributed by atoms with Crippen LogP contribution in [0.25, 0.3) is 11.0 Å². The molecule has 1 aromatic heterocycles. The van der Waals surface area contributed by atoms with Gasteiger partial charge in [0.2, 0.25) is 10.0 Å². The summed E-state index contributed by atoms with van der Waals surface area (Å²) < 4.78 is 27.1. The normalized spacial score (nSPS) is 16.1. The molecule has 0 atom stereocenters. The fourth-order valence-electron chi connectivity index (χ4n) is 2.87. The molecule has 3 rings (SSSR count). The predicted molar refractivity (Wildman–Crippen MR) is 94.9 cm³/mol. The third-order valence-corrected chi connectivity index (χ3v) is 6.00. The van der Waals surface area contributed by atoms with Gasteiger partial charge in [-0.2, -0.15) is 4.31 Å². The number of carbonyl (C=O) groups is 1. The zero-order chi connectivity index (χ0) is 18.7. The van der Waals surface area contributed by atoms with Gasteiger partial charge >= 0.3 is 0 Å². The van der Waals surface area contributed by atoms with Crippen molar-refractivity contribution >= 4 is 27.0 Å². The number of sulfonamides is 1. The highest BCUT2D eigenvalue weighted by atomic mass is 32.2. The zero-order valence-corrected chi connectivity index (χ0v) is 15.7. The van der Waals surface area contributed by atoms with E-state index in [1.807, 2.05) is 13.8 Å². The van der Waals surface area contributed by atoms with Gasteiger partial charge in [-0.15, -0.1) is 5.10 Å². The highest BCUT2D eigenvalue weighted by Crippen LogP contribution is 2.23. The first-order chi connectivity index (χ1) is 12.4. The Kier molecular flexibility index (Phi) is 5.42. The van der Waals surface area contributed by atoms with Crippen LogP contribution in [0.4, 0.5) is 0 Å². The average molecular weight is 381 g/mol. The third-order valence-electron chi connectivity index (χ3n) is 4.11. The van der Waals surface area contributed by atoms with E-state index >= 15 is 0 Å². The first kappa shape index (κ1) is 18.6. The van der Waals surface area contributed by atoms with Crippen LogP contribution in [0.15, 0.2) is 23.1 Å². The van der Waals surface area contributed by atoms with Crippen molar-refractivity contribution in [3.05, 3.63) is 18.2 Å². The van der Waals surface area contributed by atoms with E-state index in [-0.39, 0.29) is 23.5 Å². The molecular weight excluding hydrogens is 358 g/mol. The van der Waals surface area contributed by atoms with Crippen molar-refractivity contribution in [3.63, 3.8) is 0 Å². The number of hydrogen-bond acceptors (Lipinski definition) is 6. The van der Waals surface area contributed by atoms with Crippen LogP contribution in [-0.4, -0.2) is 59.5 Å². The van der Waals surface area contributed by atoms with Crippen molar-refractivity contribution in [2.45, 2.75) is 44.0 Å². The van der Waals surface area contributed by atoms with Gasteiger partial charge in [-0.25, -0.2) is 8.42 Å². The van der Waals surface area contributed by atoms with E-state index in [9.17, 15) is 13.2 Å². The molecule has 0 saturated carbocycles. The summed E-state index contributed by atoms with van der Waals surface area (Å²) in [5.74, 6) is -0.291. The molecule has 0 spiro atoms. The van der Waals surface area contributed by atoms with Crippen molar-refractivity contribution in [1.29, 1.82) is 0 Å². The van der Waals surface area contributed by atoms with Crippen LogP contribution >= 0.6 is 0 Å². The number of piperidine rings is 1. The SMILES string of the molecule is CC(C)NC(=O)COn1nnc2ccc(S(=O)(=O)N3CCCCC3)cc21. The van der Waals surface area contributed by atoms with Crippen LogP contribution < -0.4 is 10.2 Å². The van der Waals surface area contributed by atoms with E-state index in [0.29, 0.717) is 24.1 Å². The monoisotopic (exact) mass is 381 g/mol. The summed E-state index contributed by atoms with van der Waals surface area (Å²) in [5, 5.41) is 10.5. The fraction of sp³-hybridized carbons (Fsp3) is 0.562. The number of nitrogens with zero attached hydrogens (tertiary/aromatic N) is 4. The molecule has 26 heavy (non-hydrogen) atoms. The van der Waals surface area contributed by atoms with E-state index in [1.54, 1.807) is 6.07 Å². The Labute approximate surface area is 152 Å². The number of benzene rings is 1. The molecule has 0 radical (unpaired) electrons. The molecule has 1 aliphatic rings. The van der Waals surface area contributed by atoms with Crippen molar-refractivity contribution in [1.82, 2.24) is 24.8 Å². The Balaban J connectivity index is 1.82. The standard InChI is InChI=1S/C16H23N5O4S/c1-12(2)17-16(22)11-25-21-15-10-13(6-7-14(15)18-19-21)26(23,24)20-8-4-3-5-9-20/h6-7,10,12H,3-5,8-9,11H2,1-2H3,(H,17,22). The van der Waals surface area contributed by atoms with E-state index in [4.69, 9.17) is 4.84 Å². The molecular formula is C16H23N5O4S. The molecule has 1 saturated heterocycles. The second-order valence-corrected chi connectivity index (χ2v) is 8.51. The maximum absolute atomic E-state index is 12.8. The molecule has 9 nitrogen and oxygen atoms in total. The summed E-state index contributed by atoms with van der Waals surface area (Å²) in [5.41, 5.74) is 0.896. The van der Waals surface area contributed by atoms with Crippen molar-refractivity contribution < 1.29 is 18.0 Å². The van der Waals surface area contributed by atoms with Crippen LogP contribution in [0, 0.1) is 0 Å². The zero-order valence-electron chi connectivity index (χ0n) is 14.9. The lowest BCUT2D eigenvalue weighted by atomic mass is 10.2. The first-order valence-corrected chi connectivity index (χ1v) is 10.1. The minimum absolute atomic E-state index is 0.000112. The second kappa shape index (κ2) is 7.58. The minimum atomic E-state index is -3.57. The summed E-state index contributed by atoms with van der Waals surface area (Å²) in [6.45, 7) is 4.52. The van der Waals surface area contributed by atoms with Crippen LogP contribution in [0.2, 0.25) is 0 Å². The summed E-state index contributed by atoms with van der Waals surface area (Å²) in [4.78, 5) is 18.3. The number of hydrogen-bond donors (Lipinski definition) is 1. The number of rotatable bonds is 6. The average Bonchev–Trinajstić information content (AvgIpc) is 3.02. The maximum Gasteiger partial charge on any atom is 0.260 e. The number of aromatic nitrogens is 3. The largest absolute Gasteiger partial charge is 0.385 e. The second-order valence-electron chi connectivity index (χ2n) is 6.57. The van der Waals surface area contributed by atoms with Crippen LogP contribution in [-0.2, 0) is 14.8 Å². The van der Waals surface area contributed by atoms with Gasteiger partial charge in [0, 0.05) is 19.1 Å². The van der Waals surface area contributed by atoms with Gasteiger partial charge in [0.1, 0.15) is 11.0 Å². The highest BCUT2D eigenvalue weighted by Gasteiger charge is 2.26. The molecule has 2 heterocycles. The summed E-state index contributed by atoms with van der Waals surface area (Å²) >= 11 is 0. The molecule has 1 aromatic carbocycles. The molecule has 10 heteroatoms. The van der Waals surface area contributed by atoms with Gasteiger partial charge in [0.05, 0.1) is 4.90 Å². The van der Waals surface area contributed by atoms with Crippen molar-refractivity contribution in [3.8, 4) is 0 Å². The Bertz CT molecular complexity index is 887. The molecule has 0 unspecified atom stereocenters. The number of nitrogens with one attached hydrogen (secondary N) is 1. The van der Waals surface area contributed by atoms with Gasteiger partial charge in [0.15, 0.2) is 6.61 Å². The van der Waals surface area contributed by atoms with E-state index in [1.165, 1.54) is 16.4 Å². The summed E-state index contributed by atoms with van der Waals surface area (Å²) in [6, 6.07) is 4.60. The number of amides is 1. The molecule has 0 aliphatic carbocycles. The lowest BCUT2D eigenvalue weighted by Crippen LogP contribution is -2.36. The topological polar surface area (TPSA) is 106 Å². The molecule has 2 aromatic rings. The van der Waals surface area contributed by atoms with Gasteiger partial charge in [-0.3, -0.25) is 4.79 Å². The van der Waals surface area contributed by atoms with Gasteiger partial charge in [0.25, 0.3) is 5.91 Å². The fourth-order valence-corrected chi connectivity index (χ4v) is 4.41. The Morgan fingerprint density at radius 2 is 2.00 bits per heavy atom. The lowest BCUT2D eigenvalue weighted by molar-refractivity contribution is -0.126. The number of fused-ring (bicyclic) bond motifs is 1. The Morgan fingerprint density at radius 1 is 1.27 bits per heavy atom. The number of carbonyl (C=O) groups excluding carboxylic acids is 1. The van der Waals surface area contributed by atoms with Crippen LogP contribution in [0.3, 0.4) is 0 Å². The summed E-state index contributed by atoms with van der Waals surface area (Å²) in [7, 11) is -3.57. The van der Waals surface area contributed by atoms with E-state index < -0.39 is 10.0 Å². The minimum Gasteiger partial charge on any atom is -0.385 e. The molecule has 1 aliphatic heterocycles. The lowest BCUT2D eigenvalue weighted by Gasteiger charge is -2.25. The van der Waals surface area contributed by atoms with Crippen molar-refractivity contribution in [2.24, 2.45) is 0 Å². The third kappa shape index (κ3) is 3.96. The quantitative estimate of drug-likeness (QED) is 0.784. The van der Waals surface area contributed by atoms with E-state index in [2.05, 4.69) is 15.6 Å². The van der Waals surface area contributed by atoms with Gasteiger partial charge in [-0.1, -0.05) is 11.3 Å². The molecule has 142 valence electrons. The Hall–Kier alpha value is -2.20. The predicted octanol–water partition coefficient (Wildman–Crippen LogP) is 0.559. The maximum atomic E-state index is 12.8. The molecule has 0 bridgehead atoms. The first-order valence-electron chi connectivity index (χ1n) is 8.66. The smallest absolute Gasteiger partial charge is 0.260 e. The van der Waals surface area contributed by atoms with E-state index in [0.717, 1.165) is 24.1 Å². The molecule has 1 amide bonds. The summed E-state index contributed by atoms with van der Waals surface area (Å²) in [6.07, 6.45) is 2.79. The van der Waals surface area contributed by atoms with Crippen molar-refractivity contribution in [2.75, 3.05) is 19.7 Å². The van der Waals surface area contributed by atoms with Gasteiger partial charge < -0.3 is 10.2 Å².